The van der Waals surface area contributed by atoms with Crippen LogP contribution in [0.15, 0.2) is 35.3 Å². The summed E-state index contributed by atoms with van der Waals surface area (Å²) in [5.41, 5.74) is 3.17. The molecule has 0 saturated carbocycles. The number of nitrogens with zero attached hydrogens (tertiary/aromatic N) is 3. The van der Waals surface area contributed by atoms with E-state index in [0.29, 0.717) is 6.54 Å². The average molecular weight is 355 g/mol. The van der Waals surface area contributed by atoms with Crippen LogP contribution < -0.4 is 10.3 Å². The molecule has 1 fully saturated rings. The van der Waals surface area contributed by atoms with Gasteiger partial charge < -0.3 is 4.74 Å². The zero-order valence-electron chi connectivity index (χ0n) is 14.7. The van der Waals surface area contributed by atoms with E-state index in [1.54, 1.807) is 21.8 Å². The van der Waals surface area contributed by atoms with Crippen molar-refractivity contribution in [3.8, 4) is 5.75 Å². The Morgan fingerprint density at radius 2 is 1.96 bits per heavy atom. The first-order valence-electron chi connectivity index (χ1n) is 8.43. The Hall–Kier alpha value is -2.18. The lowest BCUT2D eigenvalue weighted by Crippen LogP contribution is -2.53. The van der Waals surface area contributed by atoms with Crippen molar-refractivity contribution < 1.29 is 4.74 Å². The molecule has 1 saturated heterocycles. The highest BCUT2D eigenvalue weighted by Crippen LogP contribution is 2.26. The monoisotopic (exact) mass is 355 g/mol. The fourth-order valence-corrected chi connectivity index (χ4v) is 4.10. The van der Waals surface area contributed by atoms with E-state index in [0.717, 1.165) is 34.4 Å². The van der Waals surface area contributed by atoms with Crippen LogP contribution in [0.2, 0.25) is 0 Å². The molecule has 3 aromatic rings. The van der Waals surface area contributed by atoms with Crippen molar-refractivity contribution in [2.24, 2.45) is 0 Å². The van der Waals surface area contributed by atoms with Gasteiger partial charge in [-0.3, -0.25) is 14.1 Å². The number of thiazole rings is 1. The molecule has 4 rings (SSSR count). The van der Waals surface area contributed by atoms with E-state index in [9.17, 15) is 4.79 Å². The van der Waals surface area contributed by atoms with Crippen molar-refractivity contribution in [2.45, 2.75) is 33.4 Å². The molecule has 5 nitrogen and oxygen atoms in total. The summed E-state index contributed by atoms with van der Waals surface area (Å²) in [7, 11) is 0. The molecular weight excluding hydrogens is 334 g/mol. The van der Waals surface area contributed by atoms with Gasteiger partial charge >= 0.3 is 0 Å². The minimum Gasteiger partial charge on any atom is -0.487 e. The molecule has 0 bridgehead atoms. The van der Waals surface area contributed by atoms with Gasteiger partial charge in [0.15, 0.2) is 4.96 Å². The number of fused-ring (bicyclic) bond motifs is 1. The highest BCUT2D eigenvalue weighted by atomic mass is 32.1. The first kappa shape index (κ1) is 16.3. The van der Waals surface area contributed by atoms with Gasteiger partial charge in [-0.2, -0.15) is 0 Å². The zero-order valence-corrected chi connectivity index (χ0v) is 15.5. The third-order valence-corrected chi connectivity index (χ3v) is 5.44. The summed E-state index contributed by atoms with van der Waals surface area (Å²) in [5, 5.41) is 0. The number of hydrogen-bond acceptors (Lipinski definition) is 5. The summed E-state index contributed by atoms with van der Waals surface area (Å²) < 4.78 is 7.77. The Morgan fingerprint density at radius 1 is 1.24 bits per heavy atom. The van der Waals surface area contributed by atoms with E-state index in [2.05, 4.69) is 41.9 Å². The minimum atomic E-state index is -0.00629. The first-order valence-corrected chi connectivity index (χ1v) is 9.25. The number of hydrogen-bond donors (Lipinski definition) is 0. The van der Waals surface area contributed by atoms with Crippen molar-refractivity contribution in [1.82, 2.24) is 14.3 Å². The molecule has 3 heterocycles. The zero-order chi connectivity index (χ0) is 17.6. The molecule has 0 amide bonds. The lowest BCUT2D eigenvalue weighted by atomic mass is 10.1. The predicted octanol–water partition coefficient (Wildman–Crippen LogP) is 2.94. The molecule has 0 spiro atoms. The lowest BCUT2D eigenvalue weighted by Gasteiger charge is -2.39. The summed E-state index contributed by atoms with van der Waals surface area (Å²) in [6.07, 6.45) is 2.05. The summed E-state index contributed by atoms with van der Waals surface area (Å²) in [4.78, 5) is 20.9. The largest absolute Gasteiger partial charge is 0.487 e. The van der Waals surface area contributed by atoms with Crippen LogP contribution in [0.4, 0.5) is 0 Å². The van der Waals surface area contributed by atoms with Gasteiger partial charge in [-0.25, -0.2) is 4.98 Å². The SMILES string of the molecule is Cc1cn2c(=O)cc(CN3CC(Oc4c(C)cccc4C)C3)nc2s1. The number of rotatable bonds is 4. The molecule has 1 aromatic carbocycles. The Balaban J connectivity index is 1.41. The number of benzene rings is 1. The first-order chi connectivity index (χ1) is 12.0. The highest BCUT2D eigenvalue weighted by Gasteiger charge is 2.29. The van der Waals surface area contributed by atoms with Crippen LogP contribution in [0.25, 0.3) is 4.96 Å². The smallest absolute Gasteiger partial charge is 0.258 e. The summed E-state index contributed by atoms with van der Waals surface area (Å²) in [5.74, 6) is 0.999. The summed E-state index contributed by atoms with van der Waals surface area (Å²) in [6, 6.07) is 7.85. The summed E-state index contributed by atoms with van der Waals surface area (Å²) in [6.45, 7) is 8.55. The lowest BCUT2D eigenvalue weighted by molar-refractivity contribution is 0.0130. The van der Waals surface area contributed by atoms with Crippen molar-refractivity contribution in [3.63, 3.8) is 0 Å². The number of aromatic nitrogens is 2. The van der Waals surface area contributed by atoms with Gasteiger partial charge in [-0.05, 0) is 31.9 Å². The van der Waals surface area contributed by atoms with E-state index in [-0.39, 0.29) is 11.7 Å². The maximum absolute atomic E-state index is 12.2. The fourth-order valence-electron chi connectivity index (χ4n) is 3.25. The van der Waals surface area contributed by atoms with Crippen molar-refractivity contribution in [1.29, 1.82) is 0 Å². The van der Waals surface area contributed by atoms with E-state index in [1.807, 2.05) is 13.1 Å². The maximum atomic E-state index is 12.2. The maximum Gasteiger partial charge on any atom is 0.258 e. The van der Waals surface area contributed by atoms with Crippen LogP contribution in [0.3, 0.4) is 0 Å². The summed E-state index contributed by atoms with van der Waals surface area (Å²) >= 11 is 1.55. The van der Waals surface area contributed by atoms with Crippen LogP contribution >= 0.6 is 11.3 Å². The Kier molecular flexibility index (Phi) is 4.09. The van der Waals surface area contributed by atoms with E-state index < -0.39 is 0 Å². The Bertz CT molecular complexity index is 966. The molecule has 130 valence electrons. The molecule has 0 aliphatic carbocycles. The minimum absolute atomic E-state index is 0.00629. The van der Waals surface area contributed by atoms with Crippen LogP contribution in [0, 0.1) is 20.8 Å². The van der Waals surface area contributed by atoms with Gasteiger partial charge in [0, 0.05) is 36.8 Å². The van der Waals surface area contributed by atoms with Gasteiger partial charge in [0.2, 0.25) is 0 Å². The highest BCUT2D eigenvalue weighted by molar-refractivity contribution is 7.16. The number of likely N-dealkylation sites (tertiary alicyclic amines) is 1. The molecule has 0 radical (unpaired) electrons. The second kappa shape index (κ2) is 6.28. The number of para-hydroxylation sites is 1. The van der Waals surface area contributed by atoms with Crippen LogP contribution in [0.1, 0.15) is 21.7 Å². The van der Waals surface area contributed by atoms with Gasteiger partial charge in [-0.1, -0.05) is 18.2 Å². The molecular formula is C19H21N3O2S. The third-order valence-electron chi connectivity index (χ3n) is 4.54. The van der Waals surface area contributed by atoms with Gasteiger partial charge in [0.05, 0.1) is 5.69 Å². The van der Waals surface area contributed by atoms with Crippen LogP contribution in [-0.2, 0) is 6.54 Å². The van der Waals surface area contributed by atoms with Crippen LogP contribution in [-0.4, -0.2) is 33.5 Å². The van der Waals surface area contributed by atoms with Gasteiger partial charge in [0.1, 0.15) is 11.9 Å². The van der Waals surface area contributed by atoms with Crippen molar-refractivity contribution in [2.75, 3.05) is 13.1 Å². The normalized spacial score (nSPS) is 15.5. The standard InChI is InChI=1S/C19H21N3O2S/c1-12-5-4-6-13(2)18(12)24-16-10-21(11-16)9-15-7-17(23)22-8-14(3)25-19(22)20-15/h4-8,16H,9-11H2,1-3H3. The second-order valence-corrected chi connectivity index (χ2v) is 7.95. The van der Waals surface area contributed by atoms with Gasteiger partial charge in [0.25, 0.3) is 5.56 Å². The molecule has 6 heteroatoms. The van der Waals surface area contributed by atoms with Crippen LogP contribution in [0.5, 0.6) is 5.75 Å². The Morgan fingerprint density at radius 3 is 2.68 bits per heavy atom. The van der Waals surface area contributed by atoms with Crippen molar-refractivity contribution >= 4 is 16.3 Å². The molecule has 0 N–H and O–H groups in total. The number of ether oxygens (including phenoxy) is 1. The van der Waals surface area contributed by atoms with E-state index in [1.165, 1.54) is 11.1 Å². The predicted molar refractivity (Wildman–Crippen MR) is 99.7 cm³/mol. The molecule has 1 aliphatic rings. The molecule has 2 aromatic heterocycles. The fraction of sp³-hybridized carbons (Fsp3) is 0.368. The number of aryl methyl sites for hydroxylation is 3. The average Bonchev–Trinajstić information content (AvgIpc) is 2.89. The topological polar surface area (TPSA) is 46.8 Å². The van der Waals surface area contributed by atoms with E-state index in [4.69, 9.17) is 4.74 Å². The molecule has 0 atom stereocenters. The quantitative estimate of drug-likeness (QED) is 0.722. The molecule has 1 aliphatic heterocycles. The van der Waals surface area contributed by atoms with Crippen molar-refractivity contribution in [3.05, 3.63) is 62.5 Å². The van der Waals surface area contributed by atoms with Gasteiger partial charge in [-0.15, -0.1) is 11.3 Å². The second-order valence-electron chi connectivity index (χ2n) is 6.73. The van der Waals surface area contributed by atoms with E-state index >= 15 is 0 Å². The third kappa shape index (κ3) is 3.19. The molecule has 0 unspecified atom stereocenters. The molecule has 25 heavy (non-hydrogen) atoms. The Labute approximate surface area is 150 Å².